The van der Waals surface area contributed by atoms with Gasteiger partial charge in [0.25, 0.3) is 5.70 Å². The minimum atomic E-state index is -4.79. The van der Waals surface area contributed by atoms with Crippen LogP contribution in [0.4, 0.5) is 13.2 Å². The van der Waals surface area contributed by atoms with E-state index in [4.69, 9.17) is 0 Å². The number of nitro groups is 1. The monoisotopic (exact) mass is 341 g/mol. The van der Waals surface area contributed by atoms with Gasteiger partial charge in [0.05, 0.1) is 22.2 Å². The number of aliphatic carboxylic acids is 1. The molecule has 1 aromatic rings. The number of rotatable bonds is 3. The van der Waals surface area contributed by atoms with Crippen LogP contribution in [-0.4, -0.2) is 10.9 Å². The number of alkyl halides is 3. The van der Waals surface area contributed by atoms with Crippen LogP contribution in [0.5, 0.6) is 0 Å². The van der Waals surface area contributed by atoms with Gasteiger partial charge in [-0.3, -0.25) is 10.1 Å². The van der Waals surface area contributed by atoms with Crippen molar-refractivity contribution in [3.63, 3.8) is 0 Å². The molecule has 24 heavy (non-hydrogen) atoms. The molecule has 0 amide bonds. The van der Waals surface area contributed by atoms with Gasteiger partial charge in [-0.25, -0.2) is 0 Å². The summed E-state index contributed by atoms with van der Waals surface area (Å²) in [7, 11) is 0. The smallest absolute Gasteiger partial charge is 0.416 e. The molecular formula is C15H12F3N2O4-. The van der Waals surface area contributed by atoms with E-state index in [1.165, 1.54) is 19.9 Å². The van der Waals surface area contributed by atoms with Crippen molar-refractivity contribution < 1.29 is 28.0 Å². The van der Waals surface area contributed by atoms with Gasteiger partial charge < -0.3 is 15.2 Å². The first kappa shape index (κ1) is 17.5. The highest BCUT2D eigenvalue weighted by molar-refractivity contribution is 5.89. The largest absolute Gasteiger partial charge is 0.545 e. The van der Waals surface area contributed by atoms with Crippen LogP contribution in [0.15, 0.2) is 46.9 Å². The van der Waals surface area contributed by atoms with Crippen molar-refractivity contribution in [2.75, 3.05) is 0 Å². The van der Waals surface area contributed by atoms with Crippen molar-refractivity contribution >= 4 is 5.97 Å². The average Bonchev–Trinajstić information content (AvgIpc) is 2.44. The summed E-state index contributed by atoms with van der Waals surface area (Å²) in [4.78, 5) is 21.9. The van der Waals surface area contributed by atoms with Gasteiger partial charge in [-0.15, -0.1) is 0 Å². The van der Waals surface area contributed by atoms with Gasteiger partial charge in [-0.1, -0.05) is 18.2 Å². The topological polar surface area (TPSA) is 95.3 Å². The van der Waals surface area contributed by atoms with Crippen molar-refractivity contribution in [3.05, 3.63) is 68.2 Å². The molecule has 1 aliphatic heterocycles. The maximum Gasteiger partial charge on any atom is 0.416 e. The normalized spacial score (nSPS) is 18.5. The molecule has 0 radical (unpaired) electrons. The zero-order valence-corrected chi connectivity index (χ0v) is 12.6. The molecule has 0 aliphatic carbocycles. The molecule has 1 N–H and O–H groups in total. The van der Waals surface area contributed by atoms with E-state index < -0.39 is 45.4 Å². The molecular weight excluding hydrogens is 329 g/mol. The summed E-state index contributed by atoms with van der Waals surface area (Å²) in [6, 6.07) is 4.19. The van der Waals surface area contributed by atoms with Crippen LogP contribution in [-0.2, 0) is 11.0 Å². The summed E-state index contributed by atoms with van der Waals surface area (Å²) >= 11 is 0. The summed E-state index contributed by atoms with van der Waals surface area (Å²) in [6.45, 7) is 2.62. The number of hydrogen-bond donors (Lipinski definition) is 1. The molecule has 1 unspecified atom stereocenters. The standard InChI is InChI=1S/C15H13F3N2O4/c1-7-11(14(21)22)12(13(20(23)24)8(2)19-7)9-5-3-4-6-10(9)15(16,17)18/h3-6,12,19H,1-2H3,(H,21,22)/p-1. The quantitative estimate of drug-likeness (QED) is 0.669. The summed E-state index contributed by atoms with van der Waals surface area (Å²) in [5.41, 5.74) is -2.91. The maximum atomic E-state index is 13.3. The zero-order chi connectivity index (χ0) is 18.2. The minimum Gasteiger partial charge on any atom is -0.545 e. The highest BCUT2D eigenvalue weighted by Crippen LogP contribution is 2.43. The van der Waals surface area contributed by atoms with Crippen LogP contribution in [0.3, 0.4) is 0 Å². The van der Waals surface area contributed by atoms with Crippen LogP contribution in [0.2, 0.25) is 0 Å². The van der Waals surface area contributed by atoms with Gasteiger partial charge in [-0.2, -0.15) is 13.2 Å². The Morgan fingerprint density at radius 3 is 2.29 bits per heavy atom. The first-order chi connectivity index (χ1) is 11.1. The van der Waals surface area contributed by atoms with Gasteiger partial charge >= 0.3 is 6.18 Å². The SMILES string of the molecule is CC1=C(C(=O)[O-])C(c2ccccc2C(F)(F)F)C([N+](=O)[O-])=C(C)N1. The van der Waals surface area contributed by atoms with Crippen molar-refractivity contribution in [3.8, 4) is 0 Å². The molecule has 2 rings (SSSR count). The molecule has 128 valence electrons. The third-order valence-corrected chi connectivity index (χ3v) is 3.72. The van der Waals surface area contributed by atoms with E-state index in [2.05, 4.69) is 5.32 Å². The first-order valence-electron chi connectivity index (χ1n) is 6.76. The Labute approximate surface area is 134 Å². The lowest BCUT2D eigenvalue weighted by Gasteiger charge is -2.29. The number of carboxylic acids is 1. The summed E-state index contributed by atoms with van der Waals surface area (Å²) in [5.74, 6) is -3.46. The Balaban J connectivity index is 2.82. The Kier molecular flexibility index (Phi) is 4.37. The lowest BCUT2D eigenvalue weighted by molar-refractivity contribution is -0.431. The number of allylic oxidation sites excluding steroid dienone is 3. The van der Waals surface area contributed by atoms with Gasteiger partial charge in [0.2, 0.25) is 0 Å². The highest BCUT2D eigenvalue weighted by atomic mass is 19.4. The third-order valence-electron chi connectivity index (χ3n) is 3.72. The second-order valence-electron chi connectivity index (χ2n) is 5.24. The maximum absolute atomic E-state index is 13.3. The van der Waals surface area contributed by atoms with E-state index in [0.717, 1.165) is 18.2 Å². The van der Waals surface area contributed by atoms with E-state index in [1.54, 1.807) is 0 Å². The predicted octanol–water partition coefficient (Wildman–Crippen LogP) is 1.92. The van der Waals surface area contributed by atoms with Crippen LogP contribution < -0.4 is 10.4 Å². The number of halogens is 3. The molecule has 1 heterocycles. The molecule has 0 spiro atoms. The Hall–Kier alpha value is -2.84. The van der Waals surface area contributed by atoms with Crippen LogP contribution in [0.1, 0.15) is 30.9 Å². The molecule has 0 fully saturated rings. The molecule has 0 bridgehead atoms. The van der Waals surface area contributed by atoms with Gasteiger partial charge in [0.15, 0.2) is 0 Å². The van der Waals surface area contributed by atoms with E-state index in [1.807, 2.05) is 0 Å². The number of carbonyl (C=O) groups excluding carboxylic acids is 1. The molecule has 0 saturated heterocycles. The Bertz CT molecular complexity index is 745. The van der Waals surface area contributed by atoms with Gasteiger partial charge in [-0.05, 0) is 25.5 Å². The second kappa shape index (κ2) is 5.99. The highest BCUT2D eigenvalue weighted by Gasteiger charge is 2.43. The molecule has 0 saturated carbocycles. The molecule has 9 heteroatoms. The van der Waals surface area contributed by atoms with Crippen LogP contribution in [0.25, 0.3) is 0 Å². The summed E-state index contributed by atoms with van der Waals surface area (Å²) in [6.07, 6.45) is -4.79. The van der Waals surface area contributed by atoms with E-state index >= 15 is 0 Å². The first-order valence-corrected chi connectivity index (χ1v) is 6.76. The summed E-state index contributed by atoms with van der Waals surface area (Å²) < 4.78 is 39.8. The van der Waals surface area contributed by atoms with Gasteiger partial charge in [0, 0.05) is 11.3 Å². The van der Waals surface area contributed by atoms with Gasteiger partial charge in [0.1, 0.15) is 5.92 Å². The van der Waals surface area contributed by atoms with E-state index in [9.17, 15) is 33.2 Å². The average molecular weight is 341 g/mol. The Morgan fingerprint density at radius 1 is 1.21 bits per heavy atom. The second-order valence-corrected chi connectivity index (χ2v) is 5.24. The third kappa shape index (κ3) is 2.97. The number of benzene rings is 1. The lowest BCUT2D eigenvalue weighted by atomic mass is 9.82. The van der Waals surface area contributed by atoms with Crippen molar-refractivity contribution in [1.82, 2.24) is 5.32 Å². The molecule has 1 atom stereocenters. The molecule has 0 aromatic heterocycles. The van der Waals surface area contributed by atoms with Crippen LogP contribution in [0, 0.1) is 10.1 Å². The number of nitrogens with one attached hydrogen (secondary N) is 1. The Morgan fingerprint density at radius 2 is 1.79 bits per heavy atom. The van der Waals surface area contributed by atoms with E-state index in [-0.39, 0.29) is 11.4 Å². The van der Waals surface area contributed by atoms with Crippen molar-refractivity contribution in [2.24, 2.45) is 0 Å². The number of dihydropyridines is 1. The number of carbonyl (C=O) groups is 1. The lowest BCUT2D eigenvalue weighted by Crippen LogP contribution is -2.37. The number of nitrogens with zero attached hydrogens (tertiary/aromatic N) is 1. The van der Waals surface area contributed by atoms with Crippen molar-refractivity contribution in [1.29, 1.82) is 0 Å². The fourth-order valence-electron chi connectivity index (χ4n) is 2.81. The fourth-order valence-corrected chi connectivity index (χ4v) is 2.81. The number of carboxylic acid groups (broad SMARTS) is 1. The summed E-state index contributed by atoms with van der Waals surface area (Å²) in [5, 5.41) is 25.3. The van der Waals surface area contributed by atoms with Crippen molar-refractivity contribution in [2.45, 2.75) is 25.9 Å². The van der Waals surface area contributed by atoms with E-state index in [0.29, 0.717) is 0 Å². The van der Waals surface area contributed by atoms with Crippen LogP contribution >= 0.6 is 0 Å². The molecule has 1 aromatic carbocycles. The molecule has 6 nitrogen and oxygen atoms in total. The number of hydrogen-bond acceptors (Lipinski definition) is 5. The zero-order valence-electron chi connectivity index (χ0n) is 12.6. The predicted molar refractivity (Wildman–Crippen MR) is 74.7 cm³/mol. The molecule has 1 aliphatic rings. The fraction of sp³-hybridized carbons (Fsp3) is 0.267. The minimum absolute atomic E-state index is 0.0000718.